The van der Waals surface area contributed by atoms with E-state index in [1.54, 1.807) is 7.11 Å². The van der Waals surface area contributed by atoms with Crippen molar-refractivity contribution in [2.24, 2.45) is 0 Å². The quantitative estimate of drug-likeness (QED) is 0.708. The molecule has 3 heterocycles. The number of hydrogen-bond donors (Lipinski definition) is 0. The first kappa shape index (κ1) is 21.9. The summed E-state index contributed by atoms with van der Waals surface area (Å²) in [5.74, 6) is 0.963. The van der Waals surface area contributed by atoms with Gasteiger partial charge in [0, 0.05) is 57.3 Å². The number of aryl methyl sites for hydroxylation is 1. The molecule has 0 unspecified atom stereocenters. The smallest absolute Gasteiger partial charge is 0.253 e. The van der Waals surface area contributed by atoms with Crippen LogP contribution in [-0.2, 0) is 16.8 Å². The monoisotopic (exact) mass is 425 g/mol. The second-order valence-corrected chi connectivity index (χ2v) is 9.04. The van der Waals surface area contributed by atoms with Gasteiger partial charge in [-0.25, -0.2) is 0 Å². The van der Waals surface area contributed by atoms with E-state index < -0.39 is 0 Å². The van der Waals surface area contributed by atoms with Crippen LogP contribution in [-0.4, -0.2) is 66.3 Å². The lowest BCUT2D eigenvalue weighted by atomic mass is 9.81. The number of rotatable bonds is 6. The number of nitrogens with zero attached hydrogens (tertiary/aromatic N) is 3. The lowest BCUT2D eigenvalue weighted by molar-refractivity contribution is -0.0154. The molecule has 2 aromatic rings. The molecule has 0 atom stereocenters. The Kier molecular flexibility index (Phi) is 6.39. The van der Waals surface area contributed by atoms with Gasteiger partial charge >= 0.3 is 0 Å². The highest BCUT2D eigenvalue weighted by Crippen LogP contribution is 2.41. The van der Waals surface area contributed by atoms with E-state index in [2.05, 4.69) is 27.8 Å². The maximum Gasteiger partial charge on any atom is 0.253 e. The third-order valence-electron chi connectivity index (χ3n) is 6.75. The molecular formula is C25H35N3O3. The van der Waals surface area contributed by atoms with Crippen molar-refractivity contribution in [2.45, 2.75) is 51.8 Å². The number of likely N-dealkylation sites (tertiary alicyclic amines) is 1. The van der Waals surface area contributed by atoms with Crippen molar-refractivity contribution < 1.29 is 14.3 Å². The lowest BCUT2D eigenvalue weighted by Crippen LogP contribution is -2.58. The summed E-state index contributed by atoms with van der Waals surface area (Å²) < 4.78 is 13.6. The molecule has 1 amide bonds. The van der Waals surface area contributed by atoms with Crippen LogP contribution < -0.4 is 4.74 Å². The van der Waals surface area contributed by atoms with Crippen molar-refractivity contribution in [2.75, 3.05) is 39.9 Å². The van der Waals surface area contributed by atoms with Gasteiger partial charge in [0.1, 0.15) is 5.75 Å². The van der Waals surface area contributed by atoms with Gasteiger partial charge in [-0.2, -0.15) is 0 Å². The van der Waals surface area contributed by atoms with E-state index in [-0.39, 0.29) is 17.6 Å². The first-order valence-electron chi connectivity index (χ1n) is 11.4. The van der Waals surface area contributed by atoms with E-state index in [1.807, 2.05) is 43.9 Å². The molecule has 1 aromatic carbocycles. The molecule has 0 radical (unpaired) electrons. The van der Waals surface area contributed by atoms with Gasteiger partial charge in [0.05, 0.1) is 18.2 Å². The Morgan fingerprint density at radius 1 is 1.13 bits per heavy atom. The minimum atomic E-state index is -0.0120. The molecule has 6 nitrogen and oxygen atoms in total. The SMILES string of the molecule is COCCN1CCn2cccc2C12CCN(C(=O)c1ccc(OC(C)C)c(C)c1)CC2. The summed E-state index contributed by atoms with van der Waals surface area (Å²) in [6.07, 6.45) is 4.19. The molecule has 0 aliphatic carbocycles. The fourth-order valence-corrected chi connectivity index (χ4v) is 5.17. The van der Waals surface area contributed by atoms with Crippen LogP contribution >= 0.6 is 0 Å². The van der Waals surface area contributed by atoms with Gasteiger partial charge in [0.25, 0.3) is 5.91 Å². The Hall–Kier alpha value is -2.31. The lowest BCUT2D eigenvalue weighted by Gasteiger charge is -2.52. The Labute approximate surface area is 185 Å². The summed E-state index contributed by atoms with van der Waals surface area (Å²) in [6, 6.07) is 10.2. The number of aromatic nitrogens is 1. The number of methoxy groups -OCH3 is 1. The van der Waals surface area contributed by atoms with Gasteiger partial charge in [-0.1, -0.05) is 0 Å². The minimum absolute atomic E-state index is 0.0120. The second kappa shape index (κ2) is 9.05. The van der Waals surface area contributed by atoms with Gasteiger partial charge in [-0.05, 0) is 69.5 Å². The first-order valence-corrected chi connectivity index (χ1v) is 11.4. The van der Waals surface area contributed by atoms with Crippen LogP contribution in [0.3, 0.4) is 0 Å². The number of amides is 1. The standard InChI is InChI=1S/C25H35N3O3/c1-19(2)31-22-8-7-21(18-20(22)3)24(29)27-12-9-25(10-13-27)23-6-5-11-26(23)14-15-28(25)16-17-30-4/h5-8,11,18-19H,9-10,12-17H2,1-4H3. The van der Waals surface area contributed by atoms with E-state index >= 15 is 0 Å². The zero-order valence-electron chi connectivity index (χ0n) is 19.3. The van der Waals surface area contributed by atoms with E-state index in [4.69, 9.17) is 9.47 Å². The fourth-order valence-electron chi connectivity index (χ4n) is 5.17. The number of carbonyl (C=O) groups is 1. The van der Waals surface area contributed by atoms with Crippen LogP contribution in [0.4, 0.5) is 0 Å². The van der Waals surface area contributed by atoms with Crippen molar-refractivity contribution in [1.29, 1.82) is 0 Å². The molecule has 1 fully saturated rings. The van der Waals surface area contributed by atoms with E-state index in [9.17, 15) is 4.79 Å². The van der Waals surface area contributed by atoms with Crippen molar-refractivity contribution in [1.82, 2.24) is 14.4 Å². The third kappa shape index (κ3) is 4.23. The predicted molar refractivity (Wildman–Crippen MR) is 122 cm³/mol. The predicted octanol–water partition coefficient (Wildman–Crippen LogP) is 3.68. The average molecular weight is 426 g/mol. The van der Waals surface area contributed by atoms with Crippen LogP contribution in [0.1, 0.15) is 48.3 Å². The molecule has 1 aromatic heterocycles. The van der Waals surface area contributed by atoms with Crippen molar-refractivity contribution >= 4 is 5.91 Å². The summed E-state index contributed by atoms with van der Waals surface area (Å²) >= 11 is 0. The highest BCUT2D eigenvalue weighted by molar-refractivity contribution is 5.94. The Morgan fingerprint density at radius 3 is 2.58 bits per heavy atom. The molecule has 1 spiro atoms. The Morgan fingerprint density at radius 2 is 1.90 bits per heavy atom. The number of piperidine rings is 1. The number of fused-ring (bicyclic) bond motifs is 2. The largest absolute Gasteiger partial charge is 0.491 e. The molecular weight excluding hydrogens is 390 g/mol. The van der Waals surface area contributed by atoms with Gasteiger partial charge < -0.3 is 18.9 Å². The Bertz CT molecular complexity index is 912. The van der Waals surface area contributed by atoms with E-state index in [0.29, 0.717) is 0 Å². The average Bonchev–Trinajstić information content (AvgIpc) is 3.25. The van der Waals surface area contributed by atoms with Gasteiger partial charge in [0.2, 0.25) is 0 Å². The fraction of sp³-hybridized carbons (Fsp3) is 0.560. The Balaban J connectivity index is 1.49. The maximum absolute atomic E-state index is 13.3. The molecule has 2 aliphatic rings. The van der Waals surface area contributed by atoms with E-state index in [0.717, 1.165) is 69.0 Å². The second-order valence-electron chi connectivity index (χ2n) is 9.04. The molecule has 1 saturated heterocycles. The van der Waals surface area contributed by atoms with Crippen LogP contribution in [0.2, 0.25) is 0 Å². The molecule has 0 bridgehead atoms. The van der Waals surface area contributed by atoms with Crippen molar-refractivity contribution in [3.8, 4) is 5.75 Å². The normalized spacial score (nSPS) is 18.4. The number of benzene rings is 1. The van der Waals surface area contributed by atoms with Gasteiger partial charge in [0.15, 0.2) is 0 Å². The number of hydrogen-bond acceptors (Lipinski definition) is 4. The first-order chi connectivity index (χ1) is 14.9. The van der Waals surface area contributed by atoms with Gasteiger partial charge in [-0.15, -0.1) is 0 Å². The highest BCUT2D eigenvalue weighted by atomic mass is 16.5. The third-order valence-corrected chi connectivity index (χ3v) is 6.75. The zero-order valence-corrected chi connectivity index (χ0v) is 19.3. The molecule has 6 heteroatoms. The number of ether oxygens (including phenoxy) is 2. The number of carbonyl (C=O) groups excluding carboxylic acids is 1. The van der Waals surface area contributed by atoms with Crippen molar-refractivity contribution in [3.05, 3.63) is 53.3 Å². The van der Waals surface area contributed by atoms with Crippen LogP contribution in [0, 0.1) is 6.92 Å². The van der Waals surface area contributed by atoms with E-state index in [1.165, 1.54) is 5.69 Å². The van der Waals surface area contributed by atoms with Gasteiger partial charge in [-0.3, -0.25) is 9.69 Å². The van der Waals surface area contributed by atoms with Crippen LogP contribution in [0.25, 0.3) is 0 Å². The summed E-state index contributed by atoms with van der Waals surface area (Å²) in [7, 11) is 1.76. The molecule has 31 heavy (non-hydrogen) atoms. The summed E-state index contributed by atoms with van der Waals surface area (Å²) in [5.41, 5.74) is 3.12. The molecule has 0 saturated carbocycles. The zero-order chi connectivity index (χ0) is 22.0. The van der Waals surface area contributed by atoms with Crippen LogP contribution in [0.15, 0.2) is 36.5 Å². The van der Waals surface area contributed by atoms with Crippen LogP contribution in [0.5, 0.6) is 5.75 Å². The summed E-state index contributed by atoms with van der Waals surface area (Å²) in [5, 5.41) is 0. The van der Waals surface area contributed by atoms with Crippen molar-refractivity contribution in [3.63, 3.8) is 0 Å². The molecule has 4 rings (SSSR count). The molecule has 2 aliphatic heterocycles. The highest BCUT2D eigenvalue weighted by Gasteiger charge is 2.45. The summed E-state index contributed by atoms with van der Waals surface area (Å²) in [6.45, 7) is 11.2. The summed E-state index contributed by atoms with van der Waals surface area (Å²) in [4.78, 5) is 17.8. The topological polar surface area (TPSA) is 46.9 Å². The maximum atomic E-state index is 13.3. The molecule has 0 N–H and O–H groups in total. The molecule has 168 valence electrons. The minimum Gasteiger partial charge on any atom is -0.491 e.